The number of hydrogen-bond donors (Lipinski definition) is 2. The highest BCUT2D eigenvalue weighted by atomic mass is 16.3. The van der Waals surface area contributed by atoms with Gasteiger partial charge in [0.1, 0.15) is 11.4 Å². The minimum Gasteiger partial charge on any atom is -0.508 e. The van der Waals surface area contributed by atoms with Crippen LogP contribution in [0.25, 0.3) is 0 Å². The first kappa shape index (κ1) is 17.3. The molecule has 0 saturated heterocycles. The van der Waals surface area contributed by atoms with E-state index in [2.05, 4.69) is 30.8 Å². The molecule has 2 saturated carbocycles. The van der Waals surface area contributed by atoms with Crippen LogP contribution in [-0.2, 0) is 6.42 Å². The summed E-state index contributed by atoms with van der Waals surface area (Å²) in [5, 5.41) is 21.2. The molecule has 3 aliphatic rings. The Balaban J connectivity index is 1.64. The van der Waals surface area contributed by atoms with Crippen LogP contribution < -0.4 is 0 Å². The van der Waals surface area contributed by atoms with Crippen molar-refractivity contribution in [3.05, 3.63) is 41.5 Å². The second-order valence-corrected chi connectivity index (χ2v) is 8.42. The Morgan fingerprint density at radius 3 is 2.85 bits per heavy atom. The maximum Gasteiger partial charge on any atom is 0.131 e. The molecule has 2 fully saturated rings. The summed E-state index contributed by atoms with van der Waals surface area (Å²) in [7, 11) is 0. The second kappa shape index (κ2) is 6.22. The largest absolute Gasteiger partial charge is 0.508 e. The molecule has 0 amide bonds. The molecule has 1 aromatic carbocycles. The van der Waals surface area contributed by atoms with Crippen molar-refractivity contribution in [1.29, 1.82) is 0 Å². The van der Waals surface area contributed by atoms with E-state index < -0.39 is 5.60 Å². The number of aromatic hydroxyl groups is 1. The summed E-state index contributed by atoms with van der Waals surface area (Å²) in [5.41, 5.74) is 1.65. The smallest absolute Gasteiger partial charge is 0.131 e. The summed E-state index contributed by atoms with van der Waals surface area (Å²) in [6.45, 7) is 2.24. The zero-order valence-corrected chi connectivity index (χ0v) is 15.3. The summed E-state index contributed by atoms with van der Waals surface area (Å²) in [6, 6.07) is 5.88. The standard InChI is InChI=1S/C24H26O2/c1-3-4-5-6-13-24(26)15-12-22-21-9-7-17-16-18(25)8-10-19(17)20(21)11-14-23(22,24)2/h1,4-5,8,10,16,20-22,25-26H,7,9,11-12,14-15H2,2H3/b5-4-/t20-,21-,22+,23+,24+/m1/s1. The zero-order valence-electron chi connectivity index (χ0n) is 15.3. The number of fused-ring (bicyclic) bond motifs is 5. The highest BCUT2D eigenvalue weighted by molar-refractivity contribution is 5.41. The van der Waals surface area contributed by atoms with E-state index in [0.29, 0.717) is 23.5 Å². The Bertz CT molecular complexity index is 849. The number of phenolic OH excluding ortho intramolecular Hbond substituents is 1. The summed E-state index contributed by atoms with van der Waals surface area (Å²) in [5.74, 6) is 10.6. The monoisotopic (exact) mass is 346 g/mol. The molecule has 3 aliphatic carbocycles. The van der Waals surface area contributed by atoms with Crippen LogP contribution in [0.5, 0.6) is 5.75 Å². The predicted molar refractivity (Wildman–Crippen MR) is 103 cm³/mol. The number of terminal acetylenes is 1. The third-order valence-electron chi connectivity index (χ3n) is 7.40. The van der Waals surface area contributed by atoms with Crippen molar-refractivity contribution in [2.45, 2.75) is 57.0 Å². The highest BCUT2D eigenvalue weighted by Gasteiger charge is 2.61. The Kier molecular flexibility index (Phi) is 4.13. The molecule has 0 radical (unpaired) electrons. The molecular weight excluding hydrogens is 320 g/mol. The molecule has 2 N–H and O–H groups in total. The first-order valence-corrected chi connectivity index (χ1v) is 9.66. The highest BCUT2D eigenvalue weighted by Crippen LogP contribution is 2.64. The van der Waals surface area contributed by atoms with Crippen molar-refractivity contribution in [3.8, 4) is 29.9 Å². The lowest BCUT2D eigenvalue weighted by molar-refractivity contribution is -0.0647. The lowest BCUT2D eigenvalue weighted by Gasteiger charge is -2.52. The Labute approximate surface area is 156 Å². The molecule has 0 aliphatic heterocycles. The van der Waals surface area contributed by atoms with E-state index in [1.54, 1.807) is 12.2 Å². The lowest BCUT2D eigenvalue weighted by atomic mass is 9.53. The van der Waals surface area contributed by atoms with Crippen molar-refractivity contribution >= 4 is 0 Å². The summed E-state index contributed by atoms with van der Waals surface area (Å²) in [6.07, 6.45) is 14.5. The van der Waals surface area contributed by atoms with Crippen LogP contribution in [0.15, 0.2) is 30.4 Å². The summed E-state index contributed by atoms with van der Waals surface area (Å²) < 4.78 is 0. The first-order valence-electron chi connectivity index (χ1n) is 9.66. The first-order chi connectivity index (χ1) is 12.5. The van der Waals surface area contributed by atoms with Crippen molar-refractivity contribution in [1.82, 2.24) is 0 Å². The molecule has 0 heterocycles. The minimum atomic E-state index is -0.920. The van der Waals surface area contributed by atoms with Gasteiger partial charge in [0.25, 0.3) is 0 Å². The van der Waals surface area contributed by atoms with Gasteiger partial charge >= 0.3 is 0 Å². The van der Waals surface area contributed by atoms with E-state index in [0.717, 1.165) is 38.5 Å². The van der Waals surface area contributed by atoms with Crippen LogP contribution in [-0.4, -0.2) is 15.8 Å². The van der Waals surface area contributed by atoms with Gasteiger partial charge in [0.2, 0.25) is 0 Å². The zero-order chi connectivity index (χ0) is 18.4. The van der Waals surface area contributed by atoms with Gasteiger partial charge in [-0.15, -0.1) is 6.42 Å². The van der Waals surface area contributed by atoms with Gasteiger partial charge < -0.3 is 10.2 Å². The molecule has 2 nitrogen and oxygen atoms in total. The molecule has 5 atom stereocenters. The molecule has 0 unspecified atom stereocenters. The Morgan fingerprint density at radius 2 is 2.04 bits per heavy atom. The van der Waals surface area contributed by atoms with E-state index in [-0.39, 0.29) is 5.41 Å². The second-order valence-electron chi connectivity index (χ2n) is 8.42. The van der Waals surface area contributed by atoms with Crippen LogP contribution in [0.3, 0.4) is 0 Å². The van der Waals surface area contributed by atoms with Crippen LogP contribution in [0, 0.1) is 41.4 Å². The Morgan fingerprint density at radius 1 is 1.19 bits per heavy atom. The number of hydrogen-bond acceptors (Lipinski definition) is 2. The summed E-state index contributed by atoms with van der Waals surface area (Å²) in [4.78, 5) is 0. The molecule has 26 heavy (non-hydrogen) atoms. The van der Waals surface area contributed by atoms with E-state index in [4.69, 9.17) is 6.42 Å². The third-order valence-corrected chi connectivity index (χ3v) is 7.40. The normalized spacial score (nSPS) is 37.8. The predicted octanol–water partition coefficient (Wildman–Crippen LogP) is 4.17. The third kappa shape index (κ3) is 2.48. The quantitative estimate of drug-likeness (QED) is 0.692. The van der Waals surface area contributed by atoms with E-state index in [1.807, 2.05) is 12.1 Å². The molecule has 1 aromatic rings. The van der Waals surface area contributed by atoms with Crippen LogP contribution >= 0.6 is 0 Å². The molecule has 0 bridgehead atoms. The van der Waals surface area contributed by atoms with Gasteiger partial charge in [-0.3, -0.25) is 0 Å². The van der Waals surface area contributed by atoms with Gasteiger partial charge in [0.15, 0.2) is 0 Å². The average Bonchev–Trinajstić information content (AvgIpc) is 2.90. The topological polar surface area (TPSA) is 40.5 Å². The van der Waals surface area contributed by atoms with Gasteiger partial charge in [-0.1, -0.05) is 30.8 Å². The number of aliphatic hydroxyl groups is 1. The van der Waals surface area contributed by atoms with Crippen LogP contribution in [0.2, 0.25) is 0 Å². The van der Waals surface area contributed by atoms with E-state index >= 15 is 0 Å². The molecule has 134 valence electrons. The number of benzene rings is 1. The van der Waals surface area contributed by atoms with Crippen molar-refractivity contribution in [2.24, 2.45) is 17.3 Å². The SMILES string of the molecule is C#C/C=C\C#C[C@]1(O)CC[C@H]2[C@@H]3CCc4cc(O)ccc4[C@H]3CC[C@@]21C. The molecule has 4 rings (SSSR count). The molecule has 0 aromatic heterocycles. The molecule has 0 spiro atoms. The van der Waals surface area contributed by atoms with Gasteiger partial charge in [-0.25, -0.2) is 0 Å². The number of rotatable bonds is 0. The van der Waals surface area contributed by atoms with Gasteiger partial charge in [-0.2, -0.15) is 0 Å². The number of aryl methyl sites for hydroxylation is 1. The van der Waals surface area contributed by atoms with Crippen LogP contribution in [0.4, 0.5) is 0 Å². The molecule has 2 heteroatoms. The fourth-order valence-electron chi connectivity index (χ4n) is 6.04. The van der Waals surface area contributed by atoms with Gasteiger partial charge in [0.05, 0.1) is 0 Å². The van der Waals surface area contributed by atoms with Crippen molar-refractivity contribution < 1.29 is 10.2 Å². The van der Waals surface area contributed by atoms with Crippen LogP contribution in [0.1, 0.15) is 56.1 Å². The number of phenols is 1. The molecular formula is C24H26O2. The lowest BCUT2D eigenvalue weighted by Crippen LogP contribution is -2.50. The van der Waals surface area contributed by atoms with Gasteiger partial charge in [0, 0.05) is 5.41 Å². The maximum absolute atomic E-state index is 11.4. The fourth-order valence-corrected chi connectivity index (χ4v) is 6.04. The summed E-state index contributed by atoms with van der Waals surface area (Å²) >= 11 is 0. The number of allylic oxidation sites excluding steroid dienone is 2. The fraction of sp³-hybridized carbons (Fsp3) is 0.500. The van der Waals surface area contributed by atoms with E-state index in [1.165, 1.54) is 11.1 Å². The van der Waals surface area contributed by atoms with Gasteiger partial charge in [-0.05, 0) is 91.7 Å². The van der Waals surface area contributed by atoms with E-state index in [9.17, 15) is 10.2 Å². The average molecular weight is 346 g/mol. The van der Waals surface area contributed by atoms with Crippen molar-refractivity contribution in [2.75, 3.05) is 0 Å². The minimum absolute atomic E-state index is 0.153. The maximum atomic E-state index is 11.4. The van der Waals surface area contributed by atoms with Crippen molar-refractivity contribution in [3.63, 3.8) is 0 Å². The Hall–Kier alpha value is -2.16.